The van der Waals surface area contributed by atoms with Gasteiger partial charge in [0.25, 0.3) is 5.56 Å². The first kappa shape index (κ1) is 19.7. The van der Waals surface area contributed by atoms with Crippen LogP contribution in [0.4, 0.5) is 5.82 Å². The van der Waals surface area contributed by atoms with Gasteiger partial charge in [-0.05, 0) is 65.1 Å². The molecular weight excluding hydrogens is 503 g/mol. The Morgan fingerprint density at radius 1 is 1.00 bits per heavy atom. The minimum absolute atomic E-state index is 0.0415. The van der Waals surface area contributed by atoms with Crippen LogP contribution < -0.4 is 11.3 Å². The summed E-state index contributed by atoms with van der Waals surface area (Å²) in [5.41, 5.74) is 10.3. The first-order chi connectivity index (χ1) is 15.0. The summed E-state index contributed by atoms with van der Waals surface area (Å²) in [6.07, 6.45) is 1.43. The third-order valence-electron chi connectivity index (χ3n) is 5.52. The first-order valence-electron chi connectivity index (χ1n) is 9.78. The zero-order chi connectivity index (χ0) is 21.7. The van der Waals surface area contributed by atoms with Gasteiger partial charge in [-0.25, -0.2) is 14.6 Å². The number of para-hydroxylation sites is 1. The summed E-state index contributed by atoms with van der Waals surface area (Å²) in [7, 11) is 0. The molecule has 0 atom stereocenters. The van der Waals surface area contributed by atoms with Crippen LogP contribution in [-0.4, -0.2) is 24.3 Å². The Bertz CT molecular complexity index is 1540. The van der Waals surface area contributed by atoms with Crippen LogP contribution >= 0.6 is 22.6 Å². The Hall–Kier alpha value is -3.27. The van der Waals surface area contributed by atoms with E-state index in [1.165, 1.54) is 6.33 Å². The molecule has 0 unspecified atom stereocenters. The van der Waals surface area contributed by atoms with Crippen molar-refractivity contribution in [2.75, 3.05) is 5.73 Å². The number of pyridine rings is 1. The highest BCUT2D eigenvalue weighted by atomic mass is 127. The number of aryl methyl sites for hydroxylation is 2. The van der Waals surface area contributed by atoms with Gasteiger partial charge in [0.1, 0.15) is 15.8 Å². The largest absolute Gasteiger partial charge is 0.383 e. The van der Waals surface area contributed by atoms with E-state index in [4.69, 9.17) is 5.73 Å². The van der Waals surface area contributed by atoms with Crippen LogP contribution in [0, 0.1) is 17.5 Å². The molecule has 3 aromatic heterocycles. The van der Waals surface area contributed by atoms with E-state index in [0.29, 0.717) is 18.0 Å². The maximum absolute atomic E-state index is 13.7. The SMILES string of the molecule is Cc1ccccc1-n1c(Cn2nc(I)c3c(N)ncnc32)cc2cccc(C)c2c1=O. The van der Waals surface area contributed by atoms with Crippen molar-refractivity contribution in [3.63, 3.8) is 0 Å². The minimum atomic E-state index is -0.0415. The quantitative estimate of drug-likeness (QED) is 0.362. The maximum Gasteiger partial charge on any atom is 0.263 e. The molecule has 0 aliphatic carbocycles. The molecule has 0 radical (unpaired) electrons. The highest BCUT2D eigenvalue weighted by molar-refractivity contribution is 14.1. The van der Waals surface area contributed by atoms with Crippen LogP contribution in [0.15, 0.2) is 59.7 Å². The average Bonchev–Trinajstić information content (AvgIpc) is 3.05. The number of rotatable bonds is 3. The summed E-state index contributed by atoms with van der Waals surface area (Å²) >= 11 is 2.14. The number of nitrogen functional groups attached to an aromatic ring is 1. The highest BCUT2D eigenvalue weighted by Gasteiger charge is 2.18. The Morgan fingerprint density at radius 3 is 2.58 bits per heavy atom. The van der Waals surface area contributed by atoms with Gasteiger partial charge in [-0.2, -0.15) is 5.10 Å². The minimum Gasteiger partial charge on any atom is -0.383 e. The molecule has 7 nitrogen and oxygen atoms in total. The molecule has 2 N–H and O–H groups in total. The van der Waals surface area contributed by atoms with E-state index in [9.17, 15) is 4.79 Å². The lowest BCUT2D eigenvalue weighted by Gasteiger charge is -2.17. The molecule has 5 rings (SSSR count). The second kappa shape index (κ2) is 7.45. The van der Waals surface area contributed by atoms with E-state index in [1.54, 1.807) is 9.25 Å². The Balaban J connectivity index is 1.82. The Kier molecular flexibility index (Phi) is 4.73. The zero-order valence-electron chi connectivity index (χ0n) is 17.0. The number of benzene rings is 2. The normalized spacial score (nSPS) is 11.5. The van der Waals surface area contributed by atoms with Gasteiger partial charge in [-0.15, -0.1) is 0 Å². The van der Waals surface area contributed by atoms with Gasteiger partial charge in [0.05, 0.1) is 23.0 Å². The predicted molar refractivity (Wildman–Crippen MR) is 131 cm³/mol. The van der Waals surface area contributed by atoms with Crippen LogP contribution in [0.2, 0.25) is 0 Å². The lowest BCUT2D eigenvalue weighted by Crippen LogP contribution is -2.25. The molecule has 8 heteroatoms. The van der Waals surface area contributed by atoms with Crippen molar-refractivity contribution in [2.45, 2.75) is 20.4 Å². The molecule has 154 valence electrons. The van der Waals surface area contributed by atoms with E-state index in [1.807, 2.05) is 56.3 Å². The standard InChI is InChI=1S/C23H19IN6O/c1-13-6-3-4-9-17(13)30-16(10-15-8-5-7-14(2)18(15)23(30)31)11-29-22-19(20(24)28-29)21(25)26-12-27-22/h3-10,12H,11H2,1-2H3,(H2,25,26,27). The average molecular weight is 522 g/mol. The topological polar surface area (TPSA) is 91.6 Å². The lowest BCUT2D eigenvalue weighted by molar-refractivity contribution is 0.665. The Morgan fingerprint density at radius 2 is 1.77 bits per heavy atom. The number of hydrogen-bond acceptors (Lipinski definition) is 5. The van der Waals surface area contributed by atoms with Gasteiger partial charge in [0, 0.05) is 5.69 Å². The van der Waals surface area contributed by atoms with Crippen LogP contribution in [0.5, 0.6) is 0 Å². The summed E-state index contributed by atoms with van der Waals surface area (Å²) in [5, 5.41) is 6.99. The molecule has 0 saturated heterocycles. The van der Waals surface area contributed by atoms with Crippen molar-refractivity contribution >= 4 is 50.2 Å². The summed E-state index contributed by atoms with van der Waals surface area (Å²) < 4.78 is 4.29. The molecule has 0 amide bonds. The van der Waals surface area contributed by atoms with Gasteiger partial charge in [-0.1, -0.05) is 36.4 Å². The fourth-order valence-corrected chi connectivity index (χ4v) is 4.81. The number of fused-ring (bicyclic) bond motifs is 2. The number of aromatic nitrogens is 5. The van der Waals surface area contributed by atoms with Gasteiger partial charge in [0.2, 0.25) is 0 Å². The van der Waals surface area contributed by atoms with Crippen molar-refractivity contribution in [3.05, 3.63) is 85.7 Å². The van der Waals surface area contributed by atoms with Crippen LogP contribution in [-0.2, 0) is 6.54 Å². The van der Waals surface area contributed by atoms with Gasteiger partial charge >= 0.3 is 0 Å². The second-order valence-electron chi connectivity index (χ2n) is 7.51. The number of halogens is 1. The molecule has 31 heavy (non-hydrogen) atoms. The van der Waals surface area contributed by atoms with Gasteiger partial charge in [0.15, 0.2) is 5.65 Å². The molecule has 0 bridgehead atoms. The molecule has 0 aliphatic heterocycles. The fourth-order valence-electron chi connectivity index (χ4n) is 4.03. The van der Waals surface area contributed by atoms with Crippen molar-refractivity contribution in [1.82, 2.24) is 24.3 Å². The summed E-state index contributed by atoms with van der Waals surface area (Å²) in [5.74, 6) is 0.395. The molecular formula is C23H19IN6O. The van der Waals surface area contributed by atoms with Gasteiger partial charge in [-0.3, -0.25) is 9.36 Å². The molecule has 3 heterocycles. The summed E-state index contributed by atoms with van der Waals surface area (Å²) in [4.78, 5) is 22.2. The van der Waals surface area contributed by atoms with Crippen molar-refractivity contribution in [2.24, 2.45) is 0 Å². The summed E-state index contributed by atoms with van der Waals surface area (Å²) in [6, 6.07) is 15.9. The maximum atomic E-state index is 13.7. The van der Waals surface area contributed by atoms with E-state index in [-0.39, 0.29) is 5.56 Å². The van der Waals surface area contributed by atoms with Crippen molar-refractivity contribution in [1.29, 1.82) is 0 Å². The number of anilines is 1. The van der Waals surface area contributed by atoms with Crippen molar-refractivity contribution in [3.8, 4) is 5.69 Å². The number of hydrogen-bond donors (Lipinski definition) is 1. The molecule has 0 spiro atoms. The molecule has 0 saturated carbocycles. The number of nitrogens with zero attached hydrogens (tertiary/aromatic N) is 5. The smallest absolute Gasteiger partial charge is 0.263 e. The number of nitrogens with two attached hydrogens (primary N) is 1. The molecule has 0 fully saturated rings. The summed E-state index contributed by atoms with van der Waals surface area (Å²) in [6.45, 7) is 4.34. The zero-order valence-corrected chi connectivity index (χ0v) is 19.2. The molecule has 5 aromatic rings. The second-order valence-corrected chi connectivity index (χ2v) is 8.53. The van der Waals surface area contributed by atoms with E-state index in [0.717, 1.165) is 42.4 Å². The van der Waals surface area contributed by atoms with Crippen LogP contribution in [0.1, 0.15) is 16.8 Å². The fraction of sp³-hybridized carbons (Fsp3) is 0.130. The third-order valence-corrected chi connectivity index (χ3v) is 6.27. The monoisotopic (exact) mass is 522 g/mol. The van der Waals surface area contributed by atoms with Crippen LogP contribution in [0.25, 0.3) is 27.5 Å². The first-order valence-corrected chi connectivity index (χ1v) is 10.9. The molecule has 2 aromatic carbocycles. The van der Waals surface area contributed by atoms with Crippen LogP contribution in [0.3, 0.4) is 0 Å². The van der Waals surface area contributed by atoms with E-state index < -0.39 is 0 Å². The van der Waals surface area contributed by atoms with Crippen molar-refractivity contribution < 1.29 is 0 Å². The van der Waals surface area contributed by atoms with E-state index in [2.05, 4.69) is 43.7 Å². The lowest BCUT2D eigenvalue weighted by atomic mass is 10.1. The Labute approximate surface area is 191 Å². The van der Waals surface area contributed by atoms with E-state index >= 15 is 0 Å². The predicted octanol–water partition coefficient (Wildman–Crippen LogP) is 3.98. The molecule has 0 aliphatic rings. The van der Waals surface area contributed by atoms with Gasteiger partial charge < -0.3 is 5.73 Å². The highest BCUT2D eigenvalue weighted by Crippen LogP contribution is 2.25. The third kappa shape index (κ3) is 3.18.